The van der Waals surface area contributed by atoms with E-state index in [1.54, 1.807) is 0 Å². The molecule has 26 heavy (non-hydrogen) atoms. The molecule has 1 saturated carbocycles. The molecule has 0 unspecified atom stereocenters. The largest absolute Gasteiger partial charge is 0.302 e. The van der Waals surface area contributed by atoms with Crippen molar-refractivity contribution in [2.75, 3.05) is 38.2 Å². The third-order valence-electron chi connectivity index (χ3n) is 4.82. The fraction of sp³-hybridized carbons (Fsp3) is 1.00. The van der Waals surface area contributed by atoms with Gasteiger partial charge < -0.3 is 4.90 Å². The molecule has 1 rings (SSSR count). The molecule has 1 fully saturated rings. The van der Waals surface area contributed by atoms with Crippen LogP contribution in [-0.4, -0.2) is 64.5 Å². The third kappa shape index (κ3) is 12.2. The van der Waals surface area contributed by atoms with Crippen molar-refractivity contribution >= 4 is 20.2 Å². The molecule has 0 aromatic heterocycles. The van der Waals surface area contributed by atoms with Crippen LogP contribution in [0.4, 0.5) is 0 Å². The Hall–Kier alpha value is -0.220. The smallest absolute Gasteiger partial charge is 0.264 e. The van der Waals surface area contributed by atoms with E-state index >= 15 is 0 Å². The number of rotatable bonds is 12. The van der Waals surface area contributed by atoms with Gasteiger partial charge in [0.2, 0.25) is 0 Å². The Morgan fingerprint density at radius 3 is 2.15 bits per heavy atom. The van der Waals surface area contributed by atoms with Crippen molar-refractivity contribution < 1.29 is 25.6 Å². The van der Waals surface area contributed by atoms with Gasteiger partial charge in [-0.2, -0.15) is 16.8 Å². The van der Waals surface area contributed by atoms with E-state index < -0.39 is 20.2 Å². The van der Waals surface area contributed by atoms with Gasteiger partial charge in [0.1, 0.15) is 0 Å². The Bertz CT molecular complexity index is 555. The normalized spacial score (nSPS) is 19.6. The van der Waals surface area contributed by atoms with Crippen LogP contribution >= 0.6 is 0 Å². The molecule has 0 aromatic carbocycles. The van der Waals surface area contributed by atoms with Gasteiger partial charge >= 0.3 is 0 Å². The molecule has 1 N–H and O–H groups in total. The van der Waals surface area contributed by atoms with Crippen LogP contribution in [0.25, 0.3) is 0 Å². The zero-order valence-corrected chi connectivity index (χ0v) is 17.9. The van der Waals surface area contributed by atoms with Crippen molar-refractivity contribution in [1.29, 1.82) is 0 Å². The van der Waals surface area contributed by atoms with Crippen molar-refractivity contribution in [3.63, 3.8) is 0 Å². The molecule has 0 saturated heterocycles. The van der Waals surface area contributed by atoms with Crippen LogP contribution in [-0.2, 0) is 24.4 Å². The summed E-state index contributed by atoms with van der Waals surface area (Å²) in [6.45, 7) is 6.48. The van der Waals surface area contributed by atoms with Gasteiger partial charge in [0.05, 0.1) is 18.6 Å². The standard InChI is InChI=1S/C17H35NO6S2/c1-15(9-10-26(21,22)23)11-18(13-17-7-5-4-6-8-17)12-16(2)14-24-25(3,19)20/h15-17H,4-14H2,1-3H3,(H,21,22,23)/t15-,16+/m0/s1. The predicted molar refractivity (Wildman–Crippen MR) is 103 cm³/mol. The molecule has 156 valence electrons. The summed E-state index contributed by atoms with van der Waals surface area (Å²) in [5, 5.41) is 0. The quantitative estimate of drug-likeness (QED) is 0.387. The van der Waals surface area contributed by atoms with Crippen molar-refractivity contribution in [1.82, 2.24) is 4.90 Å². The Balaban J connectivity index is 2.58. The van der Waals surface area contributed by atoms with E-state index in [2.05, 4.69) is 4.90 Å². The Morgan fingerprint density at radius 1 is 1.04 bits per heavy atom. The molecule has 0 heterocycles. The first-order valence-electron chi connectivity index (χ1n) is 9.46. The predicted octanol–water partition coefficient (Wildman–Crippen LogP) is 2.40. The van der Waals surface area contributed by atoms with Crippen LogP contribution in [0.3, 0.4) is 0 Å². The van der Waals surface area contributed by atoms with E-state index in [-0.39, 0.29) is 24.2 Å². The summed E-state index contributed by atoms with van der Waals surface area (Å²) in [7, 11) is -7.38. The molecule has 9 heteroatoms. The molecule has 2 atom stereocenters. The molecule has 1 aliphatic carbocycles. The minimum absolute atomic E-state index is 0.0575. The van der Waals surface area contributed by atoms with Crippen LogP contribution in [0.5, 0.6) is 0 Å². The zero-order chi connectivity index (χ0) is 19.8. The summed E-state index contributed by atoms with van der Waals surface area (Å²) in [5.74, 6) is 0.601. The second-order valence-electron chi connectivity index (χ2n) is 8.00. The summed E-state index contributed by atoms with van der Waals surface area (Å²) in [6, 6.07) is 0. The fourth-order valence-corrected chi connectivity index (χ4v) is 4.75. The first-order chi connectivity index (χ1) is 11.9. The molecule has 0 amide bonds. The molecule has 0 bridgehead atoms. The van der Waals surface area contributed by atoms with E-state index in [4.69, 9.17) is 8.74 Å². The van der Waals surface area contributed by atoms with Crippen LogP contribution < -0.4 is 0 Å². The van der Waals surface area contributed by atoms with E-state index in [0.717, 1.165) is 19.3 Å². The summed E-state index contributed by atoms with van der Waals surface area (Å²) in [4.78, 5) is 2.31. The summed E-state index contributed by atoms with van der Waals surface area (Å²) < 4.78 is 58.1. The van der Waals surface area contributed by atoms with Gasteiger partial charge in [0, 0.05) is 19.6 Å². The Labute approximate surface area is 159 Å². The lowest BCUT2D eigenvalue weighted by Crippen LogP contribution is -2.38. The highest BCUT2D eigenvalue weighted by Crippen LogP contribution is 2.25. The highest BCUT2D eigenvalue weighted by molar-refractivity contribution is 7.86. The SMILES string of the molecule is C[C@@H](CCS(=O)(=O)O)CN(CC1CCCCC1)C[C@@H](C)COS(C)(=O)=O. The highest BCUT2D eigenvalue weighted by atomic mass is 32.2. The van der Waals surface area contributed by atoms with E-state index in [1.165, 1.54) is 32.1 Å². The van der Waals surface area contributed by atoms with E-state index in [9.17, 15) is 16.8 Å². The average Bonchev–Trinajstić information content (AvgIpc) is 2.50. The lowest BCUT2D eigenvalue weighted by Gasteiger charge is -2.33. The second kappa shape index (κ2) is 10.9. The average molecular weight is 414 g/mol. The maximum atomic E-state index is 11.2. The molecule has 0 aliphatic heterocycles. The number of hydrogen-bond acceptors (Lipinski definition) is 6. The second-order valence-corrected chi connectivity index (χ2v) is 11.2. The van der Waals surface area contributed by atoms with Gasteiger partial charge in [-0.1, -0.05) is 33.1 Å². The lowest BCUT2D eigenvalue weighted by atomic mass is 9.88. The van der Waals surface area contributed by atoms with E-state index in [1.807, 2.05) is 13.8 Å². The zero-order valence-electron chi connectivity index (χ0n) is 16.3. The third-order valence-corrected chi connectivity index (χ3v) is 6.13. The first-order valence-corrected chi connectivity index (χ1v) is 12.9. The highest BCUT2D eigenvalue weighted by Gasteiger charge is 2.21. The van der Waals surface area contributed by atoms with Crippen molar-refractivity contribution in [3.8, 4) is 0 Å². The van der Waals surface area contributed by atoms with Crippen molar-refractivity contribution in [3.05, 3.63) is 0 Å². The van der Waals surface area contributed by atoms with Gasteiger partial charge in [-0.25, -0.2) is 0 Å². The maximum absolute atomic E-state index is 11.2. The Kier molecular flexibility index (Phi) is 10.0. The minimum atomic E-state index is -3.94. The van der Waals surface area contributed by atoms with E-state index in [0.29, 0.717) is 18.9 Å². The van der Waals surface area contributed by atoms with Gasteiger partial charge in [-0.3, -0.25) is 8.74 Å². The van der Waals surface area contributed by atoms with Crippen LogP contribution in [0.2, 0.25) is 0 Å². The van der Waals surface area contributed by atoms with Crippen molar-refractivity contribution in [2.24, 2.45) is 17.8 Å². The van der Waals surface area contributed by atoms with Crippen LogP contribution in [0.15, 0.2) is 0 Å². The minimum Gasteiger partial charge on any atom is -0.302 e. The molecule has 0 radical (unpaired) electrons. The fourth-order valence-electron chi connectivity index (χ4n) is 3.57. The number of nitrogens with zero attached hydrogens (tertiary/aromatic N) is 1. The first kappa shape index (κ1) is 23.8. The summed E-state index contributed by atoms with van der Waals surface area (Å²) >= 11 is 0. The van der Waals surface area contributed by atoms with Gasteiger partial charge in [0.15, 0.2) is 0 Å². The summed E-state index contributed by atoms with van der Waals surface area (Å²) in [6.07, 6.45) is 7.69. The topological polar surface area (TPSA) is 101 Å². The van der Waals surface area contributed by atoms with Gasteiger partial charge in [-0.15, -0.1) is 0 Å². The molecular weight excluding hydrogens is 378 g/mol. The van der Waals surface area contributed by atoms with Crippen LogP contribution in [0, 0.1) is 17.8 Å². The summed E-state index contributed by atoms with van der Waals surface area (Å²) in [5.41, 5.74) is 0. The Morgan fingerprint density at radius 2 is 1.62 bits per heavy atom. The van der Waals surface area contributed by atoms with Gasteiger partial charge in [-0.05, 0) is 37.0 Å². The maximum Gasteiger partial charge on any atom is 0.264 e. The molecule has 0 aromatic rings. The molecule has 1 aliphatic rings. The number of hydrogen-bond donors (Lipinski definition) is 1. The molecular formula is C17H35NO6S2. The lowest BCUT2D eigenvalue weighted by molar-refractivity contribution is 0.140. The molecule has 0 spiro atoms. The van der Waals surface area contributed by atoms with Gasteiger partial charge in [0.25, 0.3) is 20.2 Å². The molecule has 7 nitrogen and oxygen atoms in total. The van der Waals surface area contributed by atoms with Crippen molar-refractivity contribution in [2.45, 2.75) is 52.4 Å². The monoisotopic (exact) mass is 413 g/mol. The van der Waals surface area contributed by atoms with Crippen LogP contribution in [0.1, 0.15) is 52.4 Å².